The van der Waals surface area contributed by atoms with Crippen molar-refractivity contribution >= 4 is 11.8 Å². The number of aromatic nitrogens is 2. The van der Waals surface area contributed by atoms with Crippen LogP contribution in [0.25, 0.3) is 0 Å². The zero-order chi connectivity index (χ0) is 10.1. The van der Waals surface area contributed by atoms with Crippen molar-refractivity contribution < 1.29 is 9.53 Å². The Morgan fingerprint density at radius 2 is 2.23 bits per heavy atom. The SMILES string of the molecule is CC(C)(C)OC(=O)c1cc(N)n[nH]1. The normalized spacial score (nSPS) is 11.3. The van der Waals surface area contributed by atoms with Crippen LogP contribution in [0.5, 0.6) is 0 Å². The summed E-state index contributed by atoms with van der Waals surface area (Å²) in [7, 11) is 0. The first-order valence-corrected chi connectivity index (χ1v) is 3.93. The Kier molecular flexibility index (Phi) is 2.27. The number of H-pyrrole nitrogens is 1. The zero-order valence-corrected chi connectivity index (χ0v) is 7.92. The largest absolute Gasteiger partial charge is 0.455 e. The van der Waals surface area contributed by atoms with Crippen LogP contribution in [0.15, 0.2) is 6.07 Å². The first-order valence-electron chi connectivity index (χ1n) is 3.93. The van der Waals surface area contributed by atoms with Gasteiger partial charge >= 0.3 is 5.97 Å². The first-order chi connectivity index (χ1) is 5.88. The van der Waals surface area contributed by atoms with Gasteiger partial charge in [-0.05, 0) is 20.8 Å². The van der Waals surface area contributed by atoms with Crippen molar-refractivity contribution in [3.05, 3.63) is 11.8 Å². The van der Waals surface area contributed by atoms with E-state index in [2.05, 4.69) is 10.2 Å². The molecule has 0 atom stereocenters. The fourth-order valence-corrected chi connectivity index (χ4v) is 0.775. The van der Waals surface area contributed by atoms with E-state index < -0.39 is 11.6 Å². The van der Waals surface area contributed by atoms with E-state index in [0.29, 0.717) is 0 Å². The Balaban J connectivity index is 2.70. The molecule has 1 rings (SSSR count). The highest BCUT2D eigenvalue weighted by Crippen LogP contribution is 2.11. The molecule has 0 bridgehead atoms. The summed E-state index contributed by atoms with van der Waals surface area (Å²) < 4.78 is 5.07. The van der Waals surface area contributed by atoms with Gasteiger partial charge in [0.15, 0.2) is 0 Å². The zero-order valence-electron chi connectivity index (χ0n) is 7.92. The van der Waals surface area contributed by atoms with Gasteiger partial charge in [0.2, 0.25) is 0 Å². The highest BCUT2D eigenvalue weighted by molar-refractivity contribution is 5.88. The maximum absolute atomic E-state index is 11.3. The third-order valence-electron chi connectivity index (χ3n) is 1.22. The maximum atomic E-state index is 11.3. The predicted molar refractivity (Wildman–Crippen MR) is 48.2 cm³/mol. The summed E-state index contributed by atoms with van der Waals surface area (Å²) in [6.07, 6.45) is 0. The van der Waals surface area contributed by atoms with Gasteiger partial charge in [0.1, 0.15) is 17.1 Å². The van der Waals surface area contributed by atoms with Gasteiger partial charge in [-0.1, -0.05) is 0 Å². The van der Waals surface area contributed by atoms with Crippen LogP contribution >= 0.6 is 0 Å². The fourth-order valence-electron chi connectivity index (χ4n) is 0.775. The summed E-state index contributed by atoms with van der Waals surface area (Å²) in [5, 5.41) is 6.10. The van der Waals surface area contributed by atoms with Gasteiger partial charge in [-0.2, -0.15) is 5.10 Å². The molecule has 0 fully saturated rings. The van der Waals surface area contributed by atoms with Gasteiger partial charge in [-0.3, -0.25) is 5.10 Å². The van der Waals surface area contributed by atoms with Crippen molar-refractivity contribution in [2.45, 2.75) is 26.4 Å². The lowest BCUT2D eigenvalue weighted by molar-refractivity contribution is 0.00628. The molecule has 0 aromatic carbocycles. The molecule has 0 aliphatic rings. The van der Waals surface area contributed by atoms with Gasteiger partial charge < -0.3 is 10.5 Å². The molecule has 0 spiro atoms. The van der Waals surface area contributed by atoms with E-state index in [1.165, 1.54) is 6.07 Å². The summed E-state index contributed by atoms with van der Waals surface area (Å²) in [5.74, 6) is -0.169. The first kappa shape index (κ1) is 9.57. The molecule has 0 aliphatic carbocycles. The fraction of sp³-hybridized carbons (Fsp3) is 0.500. The van der Waals surface area contributed by atoms with Crippen LogP contribution in [-0.2, 0) is 4.74 Å². The number of nitrogens with zero attached hydrogens (tertiary/aromatic N) is 1. The molecule has 0 saturated carbocycles. The van der Waals surface area contributed by atoms with Crippen LogP contribution in [0.2, 0.25) is 0 Å². The number of esters is 1. The summed E-state index contributed by atoms with van der Waals surface area (Å²) in [6.45, 7) is 5.39. The molecule has 1 heterocycles. The molecular formula is C8H13N3O2. The second-order valence-electron chi connectivity index (χ2n) is 3.71. The van der Waals surface area contributed by atoms with E-state index in [1.807, 2.05) is 0 Å². The minimum Gasteiger partial charge on any atom is -0.455 e. The van der Waals surface area contributed by atoms with Gasteiger partial charge in [0.25, 0.3) is 0 Å². The lowest BCUT2D eigenvalue weighted by Gasteiger charge is -2.18. The van der Waals surface area contributed by atoms with Crippen LogP contribution in [0.3, 0.4) is 0 Å². The Bertz CT molecular complexity index is 311. The highest BCUT2D eigenvalue weighted by atomic mass is 16.6. The predicted octanol–water partition coefficient (Wildman–Crippen LogP) is 0.947. The Labute approximate surface area is 76.3 Å². The van der Waals surface area contributed by atoms with E-state index in [4.69, 9.17) is 10.5 Å². The number of anilines is 1. The van der Waals surface area contributed by atoms with Gasteiger partial charge in [-0.15, -0.1) is 0 Å². The molecule has 0 radical (unpaired) electrons. The Hall–Kier alpha value is -1.52. The van der Waals surface area contributed by atoms with Crippen LogP contribution in [0.4, 0.5) is 5.82 Å². The lowest BCUT2D eigenvalue weighted by Crippen LogP contribution is -2.24. The monoisotopic (exact) mass is 183 g/mol. The topological polar surface area (TPSA) is 81.0 Å². The molecule has 1 aromatic rings. The summed E-state index contributed by atoms with van der Waals surface area (Å²) in [5.41, 5.74) is 5.10. The molecule has 5 heteroatoms. The second-order valence-corrected chi connectivity index (χ2v) is 3.71. The van der Waals surface area contributed by atoms with E-state index in [1.54, 1.807) is 20.8 Å². The molecule has 0 amide bonds. The molecule has 13 heavy (non-hydrogen) atoms. The number of carbonyl (C=O) groups excluding carboxylic acids is 1. The average Bonchev–Trinajstić information content (AvgIpc) is 2.31. The van der Waals surface area contributed by atoms with Crippen molar-refractivity contribution in [2.24, 2.45) is 0 Å². The number of hydrogen-bond acceptors (Lipinski definition) is 4. The van der Waals surface area contributed by atoms with Crippen molar-refractivity contribution in [3.8, 4) is 0 Å². The minimum atomic E-state index is -0.503. The van der Waals surface area contributed by atoms with Crippen molar-refractivity contribution in [2.75, 3.05) is 5.73 Å². The maximum Gasteiger partial charge on any atom is 0.356 e. The van der Waals surface area contributed by atoms with Crippen molar-refractivity contribution in [3.63, 3.8) is 0 Å². The summed E-state index contributed by atoms with van der Waals surface area (Å²) in [6, 6.07) is 1.44. The number of nitrogens with two attached hydrogens (primary N) is 1. The smallest absolute Gasteiger partial charge is 0.356 e. The van der Waals surface area contributed by atoms with Crippen LogP contribution in [0, 0.1) is 0 Å². The van der Waals surface area contributed by atoms with Crippen LogP contribution in [-0.4, -0.2) is 21.8 Å². The number of nitrogen functional groups attached to an aromatic ring is 1. The number of carbonyl (C=O) groups is 1. The number of ether oxygens (including phenoxy) is 1. The molecule has 0 unspecified atom stereocenters. The van der Waals surface area contributed by atoms with Crippen molar-refractivity contribution in [1.29, 1.82) is 0 Å². The number of aromatic amines is 1. The Morgan fingerprint density at radius 1 is 1.62 bits per heavy atom. The number of hydrogen-bond donors (Lipinski definition) is 2. The quantitative estimate of drug-likeness (QED) is 0.635. The highest BCUT2D eigenvalue weighted by Gasteiger charge is 2.19. The van der Waals surface area contributed by atoms with E-state index in [-0.39, 0.29) is 11.5 Å². The summed E-state index contributed by atoms with van der Waals surface area (Å²) in [4.78, 5) is 11.3. The van der Waals surface area contributed by atoms with Crippen LogP contribution < -0.4 is 5.73 Å². The molecule has 5 nitrogen and oxygen atoms in total. The second kappa shape index (κ2) is 3.08. The molecule has 0 saturated heterocycles. The van der Waals surface area contributed by atoms with E-state index in [9.17, 15) is 4.79 Å². The van der Waals surface area contributed by atoms with Gasteiger partial charge in [0.05, 0.1) is 0 Å². The molecule has 0 aliphatic heterocycles. The minimum absolute atomic E-state index is 0.271. The van der Waals surface area contributed by atoms with Gasteiger partial charge in [0, 0.05) is 6.07 Å². The standard InChI is InChI=1S/C8H13N3O2/c1-8(2,3)13-7(12)5-4-6(9)11-10-5/h4H,1-3H3,(H3,9,10,11). The van der Waals surface area contributed by atoms with E-state index in [0.717, 1.165) is 0 Å². The molecule has 1 aromatic heterocycles. The third kappa shape index (κ3) is 2.77. The molecule has 72 valence electrons. The molecule has 3 N–H and O–H groups in total. The molecular weight excluding hydrogens is 170 g/mol. The lowest BCUT2D eigenvalue weighted by atomic mass is 10.2. The Morgan fingerprint density at radius 3 is 2.62 bits per heavy atom. The van der Waals surface area contributed by atoms with E-state index >= 15 is 0 Å². The summed E-state index contributed by atoms with van der Waals surface area (Å²) >= 11 is 0. The van der Waals surface area contributed by atoms with Crippen molar-refractivity contribution in [1.82, 2.24) is 10.2 Å². The number of rotatable bonds is 1. The number of nitrogens with one attached hydrogen (secondary N) is 1. The average molecular weight is 183 g/mol. The third-order valence-corrected chi connectivity index (χ3v) is 1.22. The van der Waals surface area contributed by atoms with Gasteiger partial charge in [-0.25, -0.2) is 4.79 Å². The van der Waals surface area contributed by atoms with Crippen LogP contribution in [0.1, 0.15) is 31.3 Å².